The Hall–Kier alpha value is -0.520. The van der Waals surface area contributed by atoms with E-state index in [1.165, 1.54) is 12.0 Å². The van der Waals surface area contributed by atoms with Gasteiger partial charge in [0.25, 0.3) is 0 Å². The highest BCUT2D eigenvalue weighted by atomic mass is 32.2. The van der Waals surface area contributed by atoms with Crippen molar-refractivity contribution in [3.63, 3.8) is 0 Å². The maximum atomic E-state index is 5.93. The van der Waals surface area contributed by atoms with Crippen molar-refractivity contribution in [1.82, 2.24) is 15.1 Å². The van der Waals surface area contributed by atoms with Crippen molar-refractivity contribution in [2.75, 3.05) is 24.7 Å². The second-order valence-corrected chi connectivity index (χ2v) is 6.26. The molecule has 0 aliphatic carbocycles. The molecule has 5 heteroatoms. The molecule has 2 unspecified atom stereocenters. The molecule has 0 saturated carbocycles. The highest BCUT2D eigenvalue weighted by Crippen LogP contribution is 2.18. The van der Waals surface area contributed by atoms with E-state index in [9.17, 15) is 0 Å². The average molecular weight is 283 g/mol. The maximum Gasteiger partial charge on any atom is 0.0818 e. The SMILES string of the molecule is CCCNC(CCc1cnn(C)c1)C1CSCCO1. The third-order valence-electron chi connectivity index (χ3n) is 3.45. The van der Waals surface area contributed by atoms with E-state index in [1.54, 1.807) is 0 Å². The zero-order valence-corrected chi connectivity index (χ0v) is 12.8. The Bertz CT molecular complexity index is 363. The lowest BCUT2D eigenvalue weighted by molar-refractivity contribution is 0.0449. The number of aromatic nitrogens is 2. The predicted octanol–water partition coefficient (Wildman–Crippen LogP) is 1.85. The summed E-state index contributed by atoms with van der Waals surface area (Å²) < 4.78 is 7.80. The molecule has 19 heavy (non-hydrogen) atoms. The fourth-order valence-corrected chi connectivity index (χ4v) is 3.35. The minimum Gasteiger partial charge on any atom is -0.375 e. The van der Waals surface area contributed by atoms with Crippen molar-refractivity contribution in [2.45, 2.75) is 38.3 Å². The van der Waals surface area contributed by atoms with E-state index in [0.29, 0.717) is 12.1 Å². The molecule has 1 aromatic heterocycles. The number of rotatable bonds is 7. The molecule has 108 valence electrons. The molecule has 1 fully saturated rings. The molecule has 0 amide bonds. The third kappa shape index (κ3) is 4.82. The predicted molar refractivity (Wildman–Crippen MR) is 80.7 cm³/mol. The van der Waals surface area contributed by atoms with Gasteiger partial charge in [-0.3, -0.25) is 4.68 Å². The lowest BCUT2D eigenvalue weighted by Gasteiger charge is -2.31. The monoisotopic (exact) mass is 283 g/mol. The molecular formula is C14H25N3OS. The van der Waals surface area contributed by atoms with E-state index in [4.69, 9.17) is 4.74 Å². The molecule has 1 aliphatic rings. The van der Waals surface area contributed by atoms with Crippen LogP contribution in [0.15, 0.2) is 12.4 Å². The van der Waals surface area contributed by atoms with Crippen LogP contribution in [-0.4, -0.2) is 46.6 Å². The Labute approximate surface area is 120 Å². The number of hydrogen-bond acceptors (Lipinski definition) is 4. The highest BCUT2D eigenvalue weighted by Gasteiger charge is 2.24. The van der Waals surface area contributed by atoms with Gasteiger partial charge in [-0.2, -0.15) is 16.9 Å². The quantitative estimate of drug-likeness (QED) is 0.829. The molecule has 0 bridgehead atoms. The van der Waals surface area contributed by atoms with Gasteiger partial charge >= 0.3 is 0 Å². The smallest absolute Gasteiger partial charge is 0.0818 e. The summed E-state index contributed by atoms with van der Waals surface area (Å²) in [6.07, 6.45) is 7.79. The van der Waals surface area contributed by atoms with Crippen LogP contribution >= 0.6 is 11.8 Å². The van der Waals surface area contributed by atoms with Gasteiger partial charge in [0, 0.05) is 30.8 Å². The van der Waals surface area contributed by atoms with Gasteiger partial charge in [-0.05, 0) is 31.4 Å². The molecule has 0 spiro atoms. The Morgan fingerprint density at radius 1 is 1.63 bits per heavy atom. The molecule has 1 N–H and O–H groups in total. The molecule has 0 aromatic carbocycles. The van der Waals surface area contributed by atoms with Gasteiger partial charge in [-0.25, -0.2) is 0 Å². The summed E-state index contributed by atoms with van der Waals surface area (Å²) >= 11 is 2.01. The molecule has 4 nitrogen and oxygen atoms in total. The summed E-state index contributed by atoms with van der Waals surface area (Å²) in [5.74, 6) is 2.26. The van der Waals surface area contributed by atoms with E-state index in [-0.39, 0.29) is 0 Å². The van der Waals surface area contributed by atoms with Crippen LogP contribution in [-0.2, 0) is 18.2 Å². The van der Waals surface area contributed by atoms with Gasteiger partial charge in [0.2, 0.25) is 0 Å². The van der Waals surface area contributed by atoms with Crippen molar-refractivity contribution in [1.29, 1.82) is 0 Å². The van der Waals surface area contributed by atoms with Crippen LogP contribution in [0.2, 0.25) is 0 Å². The Kier molecular flexibility index (Phi) is 6.20. The van der Waals surface area contributed by atoms with E-state index < -0.39 is 0 Å². The van der Waals surface area contributed by atoms with Crippen molar-refractivity contribution >= 4 is 11.8 Å². The molecule has 1 saturated heterocycles. The summed E-state index contributed by atoms with van der Waals surface area (Å²) in [6.45, 7) is 4.18. The van der Waals surface area contributed by atoms with Crippen molar-refractivity contribution in [3.05, 3.63) is 18.0 Å². The largest absolute Gasteiger partial charge is 0.375 e. The van der Waals surface area contributed by atoms with Crippen molar-refractivity contribution < 1.29 is 4.74 Å². The zero-order chi connectivity index (χ0) is 13.5. The molecule has 0 radical (unpaired) electrons. The number of aryl methyl sites for hydroxylation is 2. The average Bonchev–Trinajstić information content (AvgIpc) is 2.86. The van der Waals surface area contributed by atoms with Gasteiger partial charge in [-0.1, -0.05) is 6.92 Å². The Balaban J connectivity index is 1.85. The lowest BCUT2D eigenvalue weighted by Crippen LogP contribution is -2.45. The second kappa shape index (κ2) is 7.92. The molecule has 1 aromatic rings. The minimum absolute atomic E-state index is 0.363. The van der Waals surface area contributed by atoms with Gasteiger partial charge in [0.1, 0.15) is 0 Å². The van der Waals surface area contributed by atoms with Gasteiger partial charge in [0.05, 0.1) is 18.9 Å². The standard InChI is InChI=1S/C14H25N3OS/c1-3-6-15-13(14-11-19-8-7-18-14)5-4-12-9-16-17(2)10-12/h9-10,13-15H,3-8,11H2,1-2H3. The molecule has 2 heterocycles. The zero-order valence-electron chi connectivity index (χ0n) is 12.0. The topological polar surface area (TPSA) is 39.1 Å². The fraction of sp³-hybridized carbons (Fsp3) is 0.786. The Morgan fingerprint density at radius 3 is 3.16 bits per heavy atom. The number of nitrogens with one attached hydrogen (secondary N) is 1. The van der Waals surface area contributed by atoms with Crippen LogP contribution in [0.25, 0.3) is 0 Å². The first kappa shape index (κ1) is 14.9. The van der Waals surface area contributed by atoms with Crippen LogP contribution in [0.1, 0.15) is 25.3 Å². The summed E-state index contributed by atoms with van der Waals surface area (Å²) in [7, 11) is 1.97. The lowest BCUT2D eigenvalue weighted by atomic mass is 10.0. The van der Waals surface area contributed by atoms with Crippen molar-refractivity contribution in [2.24, 2.45) is 7.05 Å². The van der Waals surface area contributed by atoms with E-state index in [0.717, 1.165) is 37.5 Å². The normalized spacial score (nSPS) is 21.5. The van der Waals surface area contributed by atoms with Crippen LogP contribution < -0.4 is 5.32 Å². The third-order valence-corrected chi connectivity index (χ3v) is 4.47. The fourth-order valence-electron chi connectivity index (χ4n) is 2.41. The summed E-state index contributed by atoms with van der Waals surface area (Å²) in [6, 6.07) is 0.466. The second-order valence-electron chi connectivity index (χ2n) is 5.11. The number of ether oxygens (including phenoxy) is 1. The van der Waals surface area contributed by atoms with Crippen LogP contribution in [0.5, 0.6) is 0 Å². The van der Waals surface area contributed by atoms with E-state index >= 15 is 0 Å². The first-order valence-electron chi connectivity index (χ1n) is 7.20. The first-order valence-corrected chi connectivity index (χ1v) is 8.35. The van der Waals surface area contributed by atoms with Gasteiger partial charge in [-0.15, -0.1) is 0 Å². The summed E-state index contributed by atoms with van der Waals surface area (Å²) in [5, 5.41) is 7.88. The molecule has 2 rings (SSSR count). The van der Waals surface area contributed by atoms with Crippen LogP contribution in [0.4, 0.5) is 0 Å². The number of nitrogens with zero attached hydrogens (tertiary/aromatic N) is 2. The first-order chi connectivity index (χ1) is 9.29. The van der Waals surface area contributed by atoms with Gasteiger partial charge < -0.3 is 10.1 Å². The molecular weight excluding hydrogens is 258 g/mol. The summed E-state index contributed by atoms with van der Waals surface area (Å²) in [5.41, 5.74) is 1.31. The number of thioether (sulfide) groups is 1. The number of hydrogen-bond donors (Lipinski definition) is 1. The molecule has 2 atom stereocenters. The minimum atomic E-state index is 0.363. The maximum absolute atomic E-state index is 5.93. The van der Waals surface area contributed by atoms with Gasteiger partial charge in [0.15, 0.2) is 0 Å². The van der Waals surface area contributed by atoms with E-state index in [2.05, 4.69) is 23.5 Å². The molecule has 1 aliphatic heterocycles. The highest BCUT2D eigenvalue weighted by molar-refractivity contribution is 7.99. The van der Waals surface area contributed by atoms with Crippen LogP contribution in [0, 0.1) is 0 Å². The van der Waals surface area contributed by atoms with E-state index in [1.807, 2.05) is 29.7 Å². The Morgan fingerprint density at radius 2 is 2.53 bits per heavy atom. The summed E-state index contributed by atoms with van der Waals surface area (Å²) in [4.78, 5) is 0. The van der Waals surface area contributed by atoms with Crippen LogP contribution in [0.3, 0.4) is 0 Å². The van der Waals surface area contributed by atoms with Crippen molar-refractivity contribution in [3.8, 4) is 0 Å².